The summed E-state index contributed by atoms with van der Waals surface area (Å²) < 4.78 is 13.5. The van der Waals surface area contributed by atoms with Gasteiger partial charge in [0.1, 0.15) is 10.6 Å². The largest absolute Gasteiger partial charge is 0.242 e. The van der Waals surface area contributed by atoms with E-state index in [2.05, 4.69) is 20.9 Å². The van der Waals surface area contributed by atoms with Gasteiger partial charge >= 0.3 is 0 Å². The van der Waals surface area contributed by atoms with Gasteiger partial charge in [0, 0.05) is 15.2 Å². The molecule has 2 aromatic rings. The molecule has 2 aromatic heterocycles. The van der Waals surface area contributed by atoms with E-state index in [0.717, 1.165) is 14.7 Å². The van der Waals surface area contributed by atoms with Crippen molar-refractivity contribution >= 4 is 37.5 Å². The standard InChI is InChI=1S/C7H3BrFNS/c8-6-3-11-7-5(6)1-4(9)2-10-7/h1-3H. The number of halogens is 2. The van der Waals surface area contributed by atoms with Crippen molar-refractivity contribution in [1.29, 1.82) is 0 Å². The molecule has 0 aromatic carbocycles. The molecule has 2 heterocycles. The number of rotatable bonds is 0. The van der Waals surface area contributed by atoms with Crippen LogP contribution in [-0.2, 0) is 0 Å². The minimum Gasteiger partial charge on any atom is -0.242 e. The Morgan fingerprint density at radius 1 is 1.55 bits per heavy atom. The van der Waals surface area contributed by atoms with E-state index in [1.54, 1.807) is 0 Å². The Bertz CT molecular complexity index is 398. The smallest absolute Gasteiger partial charge is 0.142 e. The van der Waals surface area contributed by atoms with Crippen LogP contribution in [0, 0.1) is 5.82 Å². The highest BCUT2D eigenvalue weighted by Crippen LogP contribution is 2.28. The van der Waals surface area contributed by atoms with Crippen LogP contribution in [0.5, 0.6) is 0 Å². The normalized spacial score (nSPS) is 10.7. The molecule has 0 atom stereocenters. The number of pyridine rings is 1. The molecule has 0 saturated heterocycles. The molecule has 0 spiro atoms. The molecule has 0 amide bonds. The fourth-order valence-corrected chi connectivity index (χ4v) is 2.33. The van der Waals surface area contributed by atoms with Gasteiger partial charge in [0.05, 0.1) is 6.20 Å². The minimum absolute atomic E-state index is 0.295. The van der Waals surface area contributed by atoms with Crippen molar-refractivity contribution in [1.82, 2.24) is 4.98 Å². The molecule has 2 rings (SSSR count). The van der Waals surface area contributed by atoms with Crippen molar-refractivity contribution in [3.63, 3.8) is 0 Å². The van der Waals surface area contributed by atoms with E-state index in [1.165, 1.54) is 23.6 Å². The van der Waals surface area contributed by atoms with Crippen molar-refractivity contribution in [3.8, 4) is 0 Å². The number of fused-ring (bicyclic) bond motifs is 1. The molecule has 4 heteroatoms. The van der Waals surface area contributed by atoms with Crippen LogP contribution in [0.15, 0.2) is 22.1 Å². The van der Waals surface area contributed by atoms with E-state index >= 15 is 0 Å². The lowest BCUT2D eigenvalue weighted by Crippen LogP contribution is -1.75. The predicted octanol–water partition coefficient (Wildman–Crippen LogP) is 3.20. The fraction of sp³-hybridized carbons (Fsp3) is 0. The Labute approximate surface area is 75.0 Å². The van der Waals surface area contributed by atoms with E-state index in [-0.39, 0.29) is 5.82 Å². The third kappa shape index (κ3) is 1.16. The third-order valence-electron chi connectivity index (χ3n) is 1.35. The quantitative estimate of drug-likeness (QED) is 0.679. The summed E-state index contributed by atoms with van der Waals surface area (Å²) in [5, 5.41) is 2.74. The minimum atomic E-state index is -0.295. The molecule has 0 radical (unpaired) electrons. The second-order valence-corrected chi connectivity index (χ2v) is 3.80. The lowest BCUT2D eigenvalue weighted by atomic mass is 10.3. The van der Waals surface area contributed by atoms with Gasteiger partial charge in [-0.1, -0.05) is 0 Å². The van der Waals surface area contributed by atoms with Crippen molar-refractivity contribution in [3.05, 3.63) is 27.9 Å². The summed E-state index contributed by atoms with van der Waals surface area (Å²) >= 11 is 4.80. The average molecular weight is 232 g/mol. The van der Waals surface area contributed by atoms with E-state index in [4.69, 9.17) is 0 Å². The molecule has 11 heavy (non-hydrogen) atoms. The summed E-state index contributed by atoms with van der Waals surface area (Å²) in [7, 11) is 0. The first-order valence-corrected chi connectivity index (χ1v) is 4.63. The molecule has 0 aliphatic carbocycles. The van der Waals surface area contributed by atoms with Crippen molar-refractivity contribution in [2.45, 2.75) is 0 Å². The third-order valence-corrected chi connectivity index (χ3v) is 3.21. The molecule has 56 valence electrons. The Kier molecular flexibility index (Phi) is 1.65. The highest BCUT2D eigenvalue weighted by atomic mass is 79.9. The van der Waals surface area contributed by atoms with Gasteiger partial charge < -0.3 is 0 Å². The lowest BCUT2D eigenvalue weighted by molar-refractivity contribution is 0.624. The monoisotopic (exact) mass is 231 g/mol. The van der Waals surface area contributed by atoms with E-state index in [0.29, 0.717) is 0 Å². The molecular weight excluding hydrogens is 229 g/mol. The van der Waals surface area contributed by atoms with Crippen LogP contribution < -0.4 is 0 Å². The summed E-state index contributed by atoms with van der Waals surface area (Å²) in [5.74, 6) is -0.295. The Hall–Kier alpha value is -0.480. The van der Waals surface area contributed by atoms with Crippen LogP contribution in [0.3, 0.4) is 0 Å². The van der Waals surface area contributed by atoms with Crippen LogP contribution in [0.4, 0.5) is 4.39 Å². The fourth-order valence-electron chi connectivity index (χ4n) is 0.863. The Morgan fingerprint density at radius 3 is 3.18 bits per heavy atom. The number of nitrogens with zero attached hydrogens (tertiary/aromatic N) is 1. The molecule has 0 saturated carbocycles. The highest BCUT2D eigenvalue weighted by molar-refractivity contribution is 9.10. The topological polar surface area (TPSA) is 12.9 Å². The molecule has 1 nitrogen and oxygen atoms in total. The summed E-state index contributed by atoms with van der Waals surface area (Å²) in [5.41, 5.74) is 0. The molecule has 0 fully saturated rings. The van der Waals surface area contributed by atoms with Crippen LogP contribution in [-0.4, -0.2) is 4.98 Å². The van der Waals surface area contributed by atoms with Crippen molar-refractivity contribution in [2.75, 3.05) is 0 Å². The van der Waals surface area contributed by atoms with Gasteiger partial charge in [0.2, 0.25) is 0 Å². The maximum absolute atomic E-state index is 12.6. The summed E-state index contributed by atoms with van der Waals surface area (Å²) in [4.78, 5) is 4.77. The van der Waals surface area contributed by atoms with Crippen LogP contribution in [0.2, 0.25) is 0 Å². The summed E-state index contributed by atoms with van der Waals surface area (Å²) in [6, 6.07) is 1.48. The molecule has 0 unspecified atom stereocenters. The van der Waals surface area contributed by atoms with E-state index in [1.807, 2.05) is 5.38 Å². The first-order valence-electron chi connectivity index (χ1n) is 2.95. The molecule has 0 aliphatic rings. The van der Waals surface area contributed by atoms with Crippen LogP contribution in [0.25, 0.3) is 10.2 Å². The summed E-state index contributed by atoms with van der Waals surface area (Å²) in [6.45, 7) is 0. The van der Waals surface area contributed by atoms with E-state index in [9.17, 15) is 4.39 Å². The van der Waals surface area contributed by atoms with Gasteiger partial charge in [-0.15, -0.1) is 11.3 Å². The number of aromatic nitrogens is 1. The molecule has 0 N–H and O–H groups in total. The van der Waals surface area contributed by atoms with Gasteiger partial charge in [-0.3, -0.25) is 0 Å². The van der Waals surface area contributed by atoms with Crippen LogP contribution >= 0.6 is 27.3 Å². The van der Waals surface area contributed by atoms with Crippen molar-refractivity contribution < 1.29 is 4.39 Å². The maximum Gasteiger partial charge on any atom is 0.142 e. The first-order chi connectivity index (χ1) is 5.27. The van der Waals surface area contributed by atoms with Gasteiger partial charge in [-0.05, 0) is 22.0 Å². The molecular formula is C7H3BrFNS. The zero-order valence-electron chi connectivity index (χ0n) is 5.34. The zero-order valence-corrected chi connectivity index (χ0v) is 7.75. The average Bonchev–Trinajstić information content (AvgIpc) is 2.33. The van der Waals surface area contributed by atoms with Gasteiger partial charge in [-0.25, -0.2) is 9.37 Å². The van der Waals surface area contributed by atoms with Crippen molar-refractivity contribution in [2.24, 2.45) is 0 Å². The van der Waals surface area contributed by atoms with Gasteiger partial charge in [0.15, 0.2) is 0 Å². The molecule has 0 aliphatic heterocycles. The van der Waals surface area contributed by atoms with Gasteiger partial charge in [-0.2, -0.15) is 0 Å². The predicted molar refractivity (Wildman–Crippen MR) is 47.3 cm³/mol. The van der Waals surface area contributed by atoms with Crippen LogP contribution in [0.1, 0.15) is 0 Å². The Balaban J connectivity index is 2.87. The SMILES string of the molecule is Fc1cnc2scc(Br)c2c1. The van der Waals surface area contributed by atoms with E-state index < -0.39 is 0 Å². The lowest BCUT2D eigenvalue weighted by Gasteiger charge is -1.88. The zero-order chi connectivity index (χ0) is 7.84. The Morgan fingerprint density at radius 2 is 2.36 bits per heavy atom. The second-order valence-electron chi connectivity index (χ2n) is 2.09. The first kappa shape index (κ1) is 7.18. The number of thiophene rings is 1. The van der Waals surface area contributed by atoms with Gasteiger partial charge in [0.25, 0.3) is 0 Å². The number of hydrogen-bond acceptors (Lipinski definition) is 2. The summed E-state index contributed by atoms with van der Waals surface area (Å²) in [6.07, 6.45) is 1.23. The highest BCUT2D eigenvalue weighted by Gasteiger charge is 2.02. The number of hydrogen-bond donors (Lipinski definition) is 0. The molecule has 0 bridgehead atoms. The maximum atomic E-state index is 12.6. The second kappa shape index (κ2) is 2.53.